The lowest BCUT2D eigenvalue weighted by Crippen LogP contribution is -2.30. The van der Waals surface area contributed by atoms with Gasteiger partial charge in [0, 0.05) is 0 Å². The average molecular weight is 386 g/mol. The second kappa shape index (κ2) is 7.93. The van der Waals surface area contributed by atoms with Crippen molar-refractivity contribution in [3.63, 3.8) is 0 Å². The van der Waals surface area contributed by atoms with E-state index in [1.54, 1.807) is 19.1 Å². The highest BCUT2D eigenvalue weighted by molar-refractivity contribution is 8.26. The van der Waals surface area contributed by atoms with Gasteiger partial charge in [-0.15, -0.1) is 0 Å². The van der Waals surface area contributed by atoms with Gasteiger partial charge in [-0.05, 0) is 36.3 Å². The van der Waals surface area contributed by atoms with Gasteiger partial charge in [0.25, 0.3) is 5.91 Å². The van der Waals surface area contributed by atoms with Gasteiger partial charge in [0.05, 0.1) is 25.2 Å². The third-order valence-corrected chi connectivity index (χ3v) is 5.53. The Bertz CT molecular complexity index is 865. The molecule has 26 heavy (non-hydrogen) atoms. The van der Waals surface area contributed by atoms with E-state index < -0.39 is 0 Å². The van der Waals surface area contributed by atoms with Crippen molar-refractivity contribution in [3.05, 3.63) is 64.6 Å². The summed E-state index contributed by atoms with van der Waals surface area (Å²) in [6, 6.07) is 15.3. The Hall–Kier alpha value is -2.31. The number of thiocarbonyl (C=S) groups is 1. The quantitative estimate of drug-likeness (QED) is 0.553. The van der Waals surface area contributed by atoms with E-state index in [1.807, 2.05) is 61.5 Å². The van der Waals surface area contributed by atoms with Crippen molar-refractivity contribution in [1.29, 1.82) is 0 Å². The minimum Gasteiger partial charge on any atom is -0.493 e. The molecule has 0 N–H and O–H groups in total. The number of rotatable bonds is 5. The summed E-state index contributed by atoms with van der Waals surface area (Å²) >= 11 is 6.78. The average Bonchev–Trinajstić information content (AvgIpc) is 2.95. The van der Waals surface area contributed by atoms with E-state index >= 15 is 0 Å². The van der Waals surface area contributed by atoms with Crippen LogP contribution in [0, 0.1) is 0 Å². The lowest BCUT2D eigenvalue weighted by atomic mass is 10.1. The summed E-state index contributed by atoms with van der Waals surface area (Å²) in [5, 5.41) is 0. The molecular weight excluding hydrogens is 366 g/mol. The van der Waals surface area contributed by atoms with Gasteiger partial charge in [-0.2, -0.15) is 0 Å². The lowest BCUT2D eigenvalue weighted by Gasteiger charge is -2.23. The molecule has 0 bridgehead atoms. The third kappa shape index (κ3) is 3.61. The predicted molar refractivity (Wildman–Crippen MR) is 109 cm³/mol. The zero-order valence-electron chi connectivity index (χ0n) is 14.8. The van der Waals surface area contributed by atoms with Gasteiger partial charge in [0.2, 0.25) is 0 Å². The number of nitrogens with zero attached hydrogens (tertiary/aromatic N) is 1. The first-order valence-corrected chi connectivity index (χ1v) is 9.31. The molecule has 0 radical (unpaired) electrons. The normalized spacial score (nSPS) is 16.9. The summed E-state index contributed by atoms with van der Waals surface area (Å²) in [5.41, 5.74) is 1.91. The maximum absolute atomic E-state index is 12.9. The molecule has 134 valence electrons. The van der Waals surface area contributed by atoms with E-state index in [0.29, 0.717) is 20.7 Å². The van der Waals surface area contributed by atoms with Gasteiger partial charge >= 0.3 is 0 Å². The van der Waals surface area contributed by atoms with E-state index in [2.05, 4.69) is 0 Å². The molecule has 2 aromatic rings. The molecule has 3 rings (SSSR count). The Labute approximate surface area is 162 Å². The zero-order valence-corrected chi connectivity index (χ0v) is 16.4. The summed E-state index contributed by atoms with van der Waals surface area (Å²) in [6.07, 6.45) is 1.83. The number of amides is 1. The van der Waals surface area contributed by atoms with Crippen LogP contribution in [-0.4, -0.2) is 29.3 Å². The molecule has 1 aliphatic heterocycles. The maximum Gasteiger partial charge on any atom is 0.266 e. The number of thioether (sulfide) groups is 1. The topological polar surface area (TPSA) is 38.8 Å². The maximum atomic E-state index is 12.9. The predicted octanol–water partition coefficient (Wildman–Crippen LogP) is 4.67. The van der Waals surface area contributed by atoms with Crippen molar-refractivity contribution < 1.29 is 14.3 Å². The van der Waals surface area contributed by atoms with Crippen molar-refractivity contribution in [2.24, 2.45) is 0 Å². The first kappa shape index (κ1) is 18.5. The van der Waals surface area contributed by atoms with Crippen LogP contribution < -0.4 is 9.47 Å². The van der Waals surface area contributed by atoms with Gasteiger partial charge in [-0.3, -0.25) is 9.69 Å². The minimum atomic E-state index is -0.111. The smallest absolute Gasteiger partial charge is 0.266 e. The van der Waals surface area contributed by atoms with E-state index in [4.69, 9.17) is 21.7 Å². The van der Waals surface area contributed by atoms with Crippen LogP contribution >= 0.6 is 24.0 Å². The number of benzene rings is 2. The van der Waals surface area contributed by atoms with Crippen molar-refractivity contribution in [2.75, 3.05) is 14.2 Å². The molecule has 1 aliphatic rings. The highest BCUT2D eigenvalue weighted by atomic mass is 32.2. The van der Waals surface area contributed by atoms with Crippen LogP contribution in [0.25, 0.3) is 6.08 Å². The van der Waals surface area contributed by atoms with E-state index in [9.17, 15) is 4.79 Å². The number of hydrogen-bond donors (Lipinski definition) is 0. The second-order valence-corrected chi connectivity index (χ2v) is 7.43. The summed E-state index contributed by atoms with van der Waals surface area (Å²) < 4.78 is 11.1. The highest BCUT2D eigenvalue weighted by Crippen LogP contribution is 2.38. The van der Waals surface area contributed by atoms with Crippen LogP contribution in [0.2, 0.25) is 0 Å². The lowest BCUT2D eigenvalue weighted by molar-refractivity contribution is -0.123. The summed E-state index contributed by atoms with van der Waals surface area (Å²) in [7, 11) is 3.18. The van der Waals surface area contributed by atoms with Crippen molar-refractivity contribution in [1.82, 2.24) is 4.90 Å². The molecule has 2 aromatic carbocycles. The first-order valence-electron chi connectivity index (χ1n) is 8.09. The zero-order chi connectivity index (χ0) is 18.7. The fraction of sp³-hybridized carbons (Fsp3) is 0.200. The number of ether oxygens (including phenoxy) is 2. The highest BCUT2D eigenvalue weighted by Gasteiger charge is 2.35. The Morgan fingerprint density at radius 3 is 2.42 bits per heavy atom. The Kier molecular flexibility index (Phi) is 5.64. The first-order chi connectivity index (χ1) is 12.5. The minimum absolute atomic E-state index is 0.0777. The van der Waals surface area contributed by atoms with Crippen LogP contribution in [-0.2, 0) is 4.79 Å². The molecule has 6 heteroatoms. The molecule has 0 spiro atoms. The van der Waals surface area contributed by atoms with Gasteiger partial charge in [0.1, 0.15) is 4.32 Å². The molecule has 0 aliphatic carbocycles. The molecule has 1 unspecified atom stereocenters. The summed E-state index contributed by atoms with van der Waals surface area (Å²) in [5.74, 6) is 1.19. The molecule has 1 heterocycles. The summed E-state index contributed by atoms with van der Waals surface area (Å²) in [6.45, 7) is 1.99. The molecule has 0 saturated carbocycles. The van der Waals surface area contributed by atoms with E-state index in [0.717, 1.165) is 11.1 Å². The molecule has 1 saturated heterocycles. The van der Waals surface area contributed by atoms with Crippen LogP contribution in [0.5, 0.6) is 11.5 Å². The Morgan fingerprint density at radius 2 is 1.77 bits per heavy atom. The third-order valence-electron chi connectivity index (χ3n) is 4.20. The van der Waals surface area contributed by atoms with Crippen molar-refractivity contribution >= 4 is 40.3 Å². The fourth-order valence-electron chi connectivity index (χ4n) is 2.79. The van der Waals surface area contributed by atoms with Crippen molar-refractivity contribution in [3.8, 4) is 11.5 Å². The van der Waals surface area contributed by atoms with Crippen molar-refractivity contribution in [2.45, 2.75) is 13.0 Å². The van der Waals surface area contributed by atoms with E-state index in [-0.39, 0.29) is 11.9 Å². The van der Waals surface area contributed by atoms with Gasteiger partial charge in [-0.1, -0.05) is 60.4 Å². The van der Waals surface area contributed by atoms with Crippen LogP contribution in [0.15, 0.2) is 53.4 Å². The summed E-state index contributed by atoms with van der Waals surface area (Å²) in [4.78, 5) is 15.2. The Morgan fingerprint density at radius 1 is 1.08 bits per heavy atom. The molecule has 1 amide bonds. The number of carbonyl (C=O) groups is 1. The molecule has 1 atom stereocenters. The van der Waals surface area contributed by atoms with Gasteiger partial charge < -0.3 is 9.47 Å². The molecular formula is C20H19NO3S2. The number of carbonyl (C=O) groups excluding carboxylic acids is 1. The Balaban J connectivity index is 1.88. The number of methoxy groups -OCH3 is 2. The largest absolute Gasteiger partial charge is 0.493 e. The molecule has 4 nitrogen and oxygen atoms in total. The molecule has 1 fully saturated rings. The van der Waals surface area contributed by atoms with Gasteiger partial charge in [-0.25, -0.2) is 0 Å². The van der Waals surface area contributed by atoms with Crippen LogP contribution in [0.4, 0.5) is 0 Å². The van der Waals surface area contributed by atoms with Crippen LogP contribution in [0.3, 0.4) is 0 Å². The SMILES string of the molecule is COc1ccc(C=C2SC(=S)N(C(C)c3ccccc3)C2=O)cc1OC. The monoisotopic (exact) mass is 385 g/mol. The van der Waals surface area contributed by atoms with Crippen LogP contribution in [0.1, 0.15) is 24.1 Å². The second-order valence-electron chi connectivity index (χ2n) is 5.75. The van der Waals surface area contributed by atoms with Gasteiger partial charge in [0.15, 0.2) is 11.5 Å². The fourth-order valence-corrected chi connectivity index (χ4v) is 4.21. The van der Waals surface area contributed by atoms with E-state index in [1.165, 1.54) is 11.8 Å². The molecule has 0 aromatic heterocycles. The standard InChI is InChI=1S/C20H19NO3S2/c1-13(15-7-5-4-6-8-15)21-19(22)18(26-20(21)25)12-14-9-10-16(23-2)17(11-14)24-3/h4-13H,1-3H3. The number of hydrogen-bond acceptors (Lipinski definition) is 5.